The number of hydrogen-bond donors (Lipinski definition) is 1. The van der Waals surface area contributed by atoms with Gasteiger partial charge in [0.2, 0.25) is 0 Å². The Morgan fingerprint density at radius 3 is 2.86 bits per heavy atom. The Morgan fingerprint density at radius 1 is 1.14 bits per heavy atom. The van der Waals surface area contributed by atoms with Gasteiger partial charge in [-0.15, -0.1) is 0 Å². The summed E-state index contributed by atoms with van der Waals surface area (Å²) in [6, 6.07) is 12.5. The maximum atomic E-state index is 5.66. The normalized spacial score (nSPS) is 12.5. The molecule has 0 amide bonds. The first-order valence-electron chi connectivity index (χ1n) is 7.28. The molecule has 106 valence electrons. The molecule has 1 atom stereocenters. The Morgan fingerprint density at radius 2 is 2.00 bits per heavy atom. The van der Waals surface area contributed by atoms with Gasteiger partial charge in [0.1, 0.15) is 0 Å². The van der Waals surface area contributed by atoms with E-state index in [1.807, 2.05) is 24.7 Å². The van der Waals surface area contributed by atoms with E-state index in [0.717, 1.165) is 28.5 Å². The van der Waals surface area contributed by atoms with E-state index in [2.05, 4.69) is 47.2 Å². The van der Waals surface area contributed by atoms with E-state index in [9.17, 15) is 0 Å². The van der Waals surface area contributed by atoms with Crippen molar-refractivity contribution in [3.05, 3.63) is 60.6 Å². The molecule has 3 rings (SSSR count). The molecule has 1 unspecified atom stereocenters. The quantitative estimate of drug-likeness (QED) is 0.790. The van der Waals surface area contributed by atoms with Crippen LogP contribution in [0.2, 0.25) is 0 Å². The summed E-state index contributed by atoms with van der Waals surface area (Å²) < 4.78 is 0. The Labute approximate surface area is 124 Å². The van der Waals surface area contributed by atoms with E-state index in [1.54, 1.807) is 0 Å². The fraction of sp³-hybridized carbons (Fsp3) is 0.222. The second-order valence-corrected chi connectivity index (χ2v) is 5.37. The highest BCUT2D eigenvalue weighted by molar-refractivity contribution is 5.93. The van der Waals surface area contributed by atoms with Gasteiger partial charge >= 0.3 is 0 Å². The SMILES string of the molecule is CC(CCN)c1cncc(-c2cccc3cccnc23)c1. The fourth-order valence-electron chi connectivity index (χ4n) is 2.63. The summed E-state index contributed by atoms with van der Waals surface area (Å²) in [6.07, 6.45) is 6.64. The van der Waals surface area contributed by atoms with Gasteiger partial charge in [0, 0.05) is 35.1 Å². The number of para-hydroxylation sites is 1. The molecule has 2 N–H and O–H groups in total. The third-order valence-corrected chi connectivity index (χ3v) is 3.87. The maximum absolute atomic E-state index is 5.66. The Balaban J connectivity index is 2.09. The summed E-state index contributed by atoms with van der Waals surface area (Å²) in [4.78, 5) is 8.92. The van der Waals surface area contributed by atoms with Gasteiger partial charge in [-0.1, -0.05) is 31.2 Å². The molecular formula is C18H19N3. The van der Waals surface area contributed by atoms with Crippen LogP contribution in [0.4, 0.5) is 0 Å². The molecule has 0 aliphatic carbocycles. The molecular weight excluding hydrogens is 258 g/mol. The number of hydrogen-bond acceptors (Lipinski definition) is 3. The van der Waals surface area contributed by atoms with Gasteiger partial charge in [0.05, 0.1) is 5.52 Å². The van der Waals surface area contributed by atoms with Crippen molar-refractivity contribution in [3.63, 3.8) is 0 Å². The first kappa shape index (κ1) is 13.7. The van der Waals surface area contributed by atoms with E-state index < -0.39 is 0 Å². The molecule has 3 aromatic rings. The van der Waals surface area contributed by atoms with Crippen LogP contribution in [0.15, 0.2) is 55.0 Å². The highest BCUT2D eigenvalue weighted by atomic mass is 14.7. The predicted octanol–water partition coefficient (Wildman–Crippen LogP) is 3.75. The Hall–Kier alpha value is -2.26. The molecule has 0 aliphatic rings. The number of aromatic nitrogens is 2. The molecule has 3 nitrogen and oxygen atoms in total. The molecule has 0 fully saturated rings. The lowest BCUT2D eigenvalue weighted by atomic mass is 9.96. The first-order valence-corrected chi connectivity index (χ1v) is 7.28. The van der Waals surface area contributed by atoms with Crippen molar-refractivity contribution >= 4 is 10.9 Å². The van der Waals surface area contributed by atoms with E-state index in [-0.39, 0.29) is 0 Å². The lowest BCUT2D eigenvalue weighted by Gasteiger charge is -2.12. The lowest BCUT2D eigenvalue weighted by molar-refractivity contribution is 0.687. The van der Waals surface area contributed by atoms with E-state index >= 15 is 0 Å². The number of rotatable bonds is 4. The number of nitrogens with two attached hydrogens (primary N) is 1. The second-order valence-electron chi connectivity index (χ2n) is 5.37. The third-order valence-electron chi connectivity index (χ3n) is 3.87. The van der Waals surface area contributed by atoms with Gasteiger partial charge in [0.15, 0.2) is 0 Å². The van der Waals surface area contributed by atoms with Crippen LogP contribution in [-0.2, 0) is 0 Å². The largest absolute Gasteiger partial charge is 0.330 e. The third kappa shape index (κ3) is 2.78. The minimum absolute atomic E-state index is 0.422. The maximum Gasteiger partial charge on any atom is 0.0780 e. The van der Waals surface area contributed by atoms with Crippen molar-refractivity contribution in [3.8, 4) is 11.1 Å². The molecule has 0 bridgehead atoms. The molecule has 0 saturated carbocycles. The van der Waals surface area contributed by atoms with E-state index in [0.29, 0.717) is 12.5 Å². The van der Waals surface area contributed by atoms with E-state index in [4.69, 9.17) is 5.73 Å². The molecule has 0 radical (unpaired) electrons. The van der Waals surface area contributed by atoms with Gasteiger partial charge in [-0.05, 0) is 36.6 Å². The lowest BCUT2D eigenvalue weighted by Crippen LogP contribution is -2.05. The summed E-state index contributed by atoms with van der Waals surface area (Å²) in [5, 5.41) is 1.15. The molecule has 21 heavy (non-hydrogen) atoms. The van der Waals surface area contributed by atoms with Gasteiger partial charge in [-0.3, -0.25) is 9.97 Å². The second kappa shape index (κ2) is 6.02. The molecule has 2 heterocycles. The summed E-state index contributed by atoms with van der Waals surface area (Å²) in [5.41, 5.74) is 10.1. The predicted molar refractivity (Wildman–Crippen MR) is 87.1 cm³/mol. The molecule has 2 aromatic heterocycles. The van der Waals surface area contributed by atoms with Crippen LogP contribution >= 0.6 is 0 Å². The van der Waals surface area contributed by atoms with Gasteiger partial charge in [-0.2, -0.15) is 0 Å². The Bertz CT molecular complexity index is 747. The monoisotopic (exact) mass is 277 g/mol. The zero-order chi connectivity index (χ0) is 14.7. The van der Waals surface area contributed by atoms with Gasteiger partial charge < -0.3 is 5.73 Å². The van der Waals surface area contributed by atoms with Gasteiger partial charge in [0.25, 0.3) is 0 Å². The zero-order valence-electron chi connectivity index (χ0n) is 12.2. The number of fused-ring (bicyclic) bond motifs is 1. The summed E-state index contributed by atoms with van der Waals surface area (Å²) in [5.74, 6) is 0.422. The van der Waals surface area contributed by atoms with Crippen LogP contribution in [0.3, 0.4) is 0 Å². The first-order chi connectivity index (χ1) is 10.3. The van der Waals surface area contributed by atoms with Crippen molar-refractivity contribution in [1.82, 2.24) is 9.97 Å². The minimum atomic E-state index is 0.422. The standard InChI is InChI=1S/C18H19N3/c1-13(7-8-19)15-10-16(12-20-11-15)17-6-2-4-14-5-3-9-21-18(14)17/h2-6,9-13H,7-8,19H2,1H3. The molecule has 0 spiro atoms. The van der Waals surface area contributed by atoms with Gasteiger partial charge in [-0.25, -0.2) is 0 Å². The fourth-order valence-corrected chi connectivity index (χ4v) is 2.63. The number of nitrogens with zero attached hydrogens (tertiary/aromatic N) is 2. The molecule has 0 aliphatic heterocycles. The highest BCUT2D eigenvalue weighted by Crippen LogP contribution is 2.29. The van der Waals surface area contributed by atoms with Crippen LogP contribution in [0, 0.1) is 0 Å². The van der Waals surface area contributed by atoms with Crippen molar-refractivity contribution in [2.45, 2.75) is 19.3 Å². The van der Waals surface area contributed by atoms with Crippen molar-refractivity contribution < 1.29 is 0 Å². The topological polar surface area (TPSA) is 51.8 Å². The smallest absolute Gasteiger partial charge is 0.0780 e. The van der Waals surface area contributed by atoms with Crippen LogP contribution in [0.25, 0.3) is 22.0 Å². The summed E-state index contributed by atoms with van der Waals surface area (Å²) in [6.45, 7) is 2.89. The van der Waals surface area contributed by atoms with Crippen LogP contribution in [0.1, 0.15) is 24.8 Å². The minimum Gasteiger partial charge on any atom is -0.330 e. The highest BCUT2D eigenvalue weighted by Gasteiger charge is 2.09. The average Bonchev–Trinajstić information content (AvgIpc) is 2.55. The van der Waals surface area contributed by atoms with Crippen molar-refractivity contribution in [2.75, 3.05) is 6.54 Å². The average molecular weight is 277 g/mol. The molecule has 1 aromatic carbocycles. The van der Waals surface area contributed by atoms with Crippen molar-refractivity contribution in [1.29, 1.82) is 0 Å². The molecule has 0 saturated heterocycles. The summed E-state index contributed by atoms with van der Waals surface area (Å²) >= 11 is 0. The van der Waals surface area contributed by atoms with Crippen LogP contribution < -0.4 is 5.73 Å². The van der Waals surface area contributed by atoms with E-state index in [1.165, 1.54) is 5.56 Å². The van der Waals surface area contributed by atoms with Crippen LogP contribution in [-0.4, -0.2) is 16.5 Å². The van der Waals surface area contributed by atoms with Crippen LogP contribution in [0.5, 0.6) is 0 Å². The number of benzene rings is 1. The Kier molecular flexibility index (Phi) is 3.93. The molecule has 3 heteroatoms. The summed E-state index contributed by atoms with van der Waals surface area (Å²) in [7, 11) is 0. The van der Waals surface area contributed by atoms with Crippen molar-refractivity contribution in [2.24, 2.45) is 5.73 Å². The zero-order valence-corrected chi connectivity index (χ0v) is 12.2. The number of pyridine rings is 2.